The molecule has 100 valence electrons. The van der Waals surface area contributed by atoms with E-state index < -0.39 is 0 Å². The molecule has 0 spiro atoms. The maximum atomic E-state index is 11.3. The van der Waals surface area contributed by atoms with Gasteiger partial charge in [0.2, 0.25) is 5.91 Å². The highest BCUT2D eigenvalue weighted by Crippen LogP contribution is 2.24. The van der Waals surface area contributed by atoms with Gasteiger partial charge in [-0.3, -0.25) is 4.79 Å². The van der Waals surface area contributed by atoms with Gasteiger partial charge in [-0.25, -0.2) is 0 Å². The van der Waals surface area contributed by atoms with Gasteiger partial charge < -0.3 is 9.64 Å². The lowest BCUT2D eigenvalue weighted by Crippen LogP contribution is -2.41. The Bertz CT molecular complexity index is 395. The summed E-state index contributed by atoms with van der Waals surface area (Å²) in [6.07, 6.45) is -0.0589. The average molecular weight is 270 g/mol. The van der Waals surface area contributed by atoms with E-state index in [1.165, 1.54) is 0 Å². The maximum Gasteiger partial charge on any atom is 0.219 e. The molecule has 1 aromatic carbocycles. The Morgan fingerprint density at radius 3 is 2.78 bits per heavy atom. The van der Waals surface area contributed by atoms with Crippen LogP contribution in [0.5, 0.6) is 0 Å². The summed E-state index contributed by atoms with van der Waals surface area (Å²) >= 11 is 5.93. The van der Waals surface area contributed by atoms with Crippen molar-refractivity contribution in [1.82, 2.24) is 4.90 Å². The molecule has 3 nitrogen and oxygen atoms in total. The predicted octanol–water partition coefficient (Wildman–Crippen LogP) is 3.29. The van der Waals surface area contributed by atoms with Gasteiger partial charge in [-0.05, 0) is 17.7 Å². The number of hydrogen-bond acceptors (Lipinski definition) is 2. The molecule has 2 rings (SSSR count). The van der Waals surface area contributed by atoms with Crippen LogP contribution in [0.2, 0.25) is 5.02 Å². The van der Waals surface area contributed by atoms with Crippen LogP contribution in [0.3, 0.4) is 0 Å². The van der Waals surface area contributed by atoms with E-state index in [2.05, 4.69) is 0 Å². The minimum atomic E-state index is -0.0589. The van der Waals surface area contributed by atoms with Crippen molar-refractivity contribution >= 4 is 17.5 Å². The van der Waals surface area contributed by atoms with Crippen molar-refractivity contribution in [3.8, 4) is 0 Å². The fourth-order valence-corrected chi connectivity index (χ4v) is 2.04. The van der Waals surface area contributed by atoms with Crippen molar-refractivity contribution in [2.45, 2.75) is 26.9 Å². The summed E-state index contributed by atoms with van der Waals surface area (Å²) in [7, 11) is 0. The van der Waals surface area contributed by atoms with Gasteiger partial charge in [-0.2, -0.15) is 0 Å². The number of hydrogen-bond donors (Lipinski definition) is 0. The fourth-order valence-electron chi connectivity index (χ4n) is 1.84. The van der Waals surface area contributed by atoms with Crippen molar-refractivity contribution in [3.63, 3.8) is 0 Å². The predicted molar refractivity (Wildman–Crippen MR) is 73.7 cm³/mol. The number of halogens is 1. The number of morpholine rings is 1. The van der Waals surface area contributed by atoms with E-state index in [4.69, 9.17) is 16.3 Å². The van der Waals surface area contributed by atoms with Gasteiger partial charge in [0.1, 0.15) is 6.10 Å². The molecule has 0 radical (unpaired) electrons. The van der Waals surface area contributed by atoms with Crippen LogP contribution >= 0.6 is 11.6 Å². The van der Waals surface area contributed by atoms with Gasteiger partial charge in [0, 0.05) is 18.5 Å². The summed E-state index contributed by atoms with van der Waals surface area (Å²) in [5.74, 6) is 0.0929. The van der Waals surface area contributed by atoms with E-state index >= 15 is 0 Å². The number of carbonyl (C=O) groups is 1. The molecule has 0 bridgehead atoms. The minimum Gasteiger partial charge on any atom is -0.370 e. The molecule has 1 unspecified atom stereocenters. The van der Waals surface area contributed by atoms with Crippen LogP contribution in [0.1, 0.15) is 32.4 Å². The first-order chi connectivity index (χ1) is 8.66. The lowest BCUT2D eigenvalue weighted by atomic mass is 10.1. The van der Waals surface area contributed by atoms with Crippen LogP contribution in [0.15, 0.2) is 24.3 Å². The molecule has 1 aliphatic heterocycles. The van der Waals surface area contributed by atoms with Crippen LogP contribution in [0, 0.1) is 0 Å². The second kappa shape index (κ2) is 7.39. The van der Waals surface area contributed by atoms with Crippen LogP contribution in [0.25, 0.3) is 0 Å². The summed E-state index contributed by atoms with van der Waals surface area (Å²) in [6.45, 7) is 7.44. The van der Waals surface area contributed by atoms with Crippen molar-refractivity contribution in [1.29, 1.82) is 0 Å². The van der Waals surface area contributed by atoms with Gasteiger partial charge in [0.15, 0.2) is 0 Å². The molecule has 1 fully saturated rings. The van der Waals surface area contributed by atoms with Crippen molar-refractivity contribution in [2.75, 3.05) is 19.7 Å². The molecule has 18 heavy (non-hydrogen) atoms. The van der Waals surface area contributed by atoms with Crippen LogP contribution < -0.4 is 0 Å². The van der Waals surface area contributed by atoms with Crippen LogP contribution in [-0.2, 0) is 9.53 Å². The van der Waals surface area contributed by atoms with E-state index in [1.807, 2.05) is 38.1 Å². The number of carbonyl (C=O) groups excluding carboxylic acids is 1. The first kappa shape index (κ1) is 15.0. The highest BCUT2D eigenvalue weighted by atomic mass is 35.5. The normalized spacial score (nSPS) is 18.9. The van der Waals surface area contributed by atoms with E-state index in [-0.39, 0.29) is 12.0 Å². The number of rotatable bonds is 1. The smallest absolute Gasteiger partial charge is 0.219 e. The van der Waals surface area contributed by atoms with Gasteiger partial charge >= 0.3 is 0 Å². The third-order valence-corrected chi connectivity index (χ3v) is 2.97. The molecule has 1 atom stereocenters. The second-order valence-corrected chi connectivity index (χ2v) is 4.32. The van der Waals surface area contributed by atoms with E-state index in [0.29, 0.717) is 24.7 Å². The Balaban J connectivity index is 0.000000771. The SMILES string of the molecule is CC.CC(=O)N1CCOC(c2cccc(Cl)c2)C1. The molecule has 0 aromatic heterocycles. The third-order valence-electron chi connectivity index (χ3n) is 2.73. The standard InChI is InChI=1S/C12H14ClNO2.C2H6/c1-9(15)14-5-6-16-12(8-14)10-3-2-4-11(13)7-10;1-2/h2-4,7,12H,5-6,8H2,1H3;1-2H3. The fraction of sp³-hybridized carbons (Fsp3) is 0.500. The van der Waals surface area contributed by atoms with Crippen LogP contribution in [0.4, 0.5) is 0 Å². The Morgan fingerprint density at radius 2 is 2.17 bits per heavy atom. The number of amides is 1. The summed E-state index contributed by atoms with van der Waals surface area (Å²) in [4.78, 5) is 13.1. The lowest BCUT2D eigenvalue weighted by Gasteiger charge is -2.32. The average Bonchev–Trinajstić information content (AvgIpc) is 2.41. The molecular formula is C14H20ClNO2. The second-order valence-electron chi connectivity index (χ2n) is 3.88. The Labute approximate surface area is 114 Å². The molecular weight excluding hydrogens is 250 g/mol. The van der Waals surface area contributed by atoms with E-state index in [0.717, 1.165) is 5.56 Å². The number of benzene rings is 1. The molecule has 1 aliphatic rings. The zero-order chi connectivity index (χ0) is 13.5. The molecule has 1 amide bonds. The minimum absolute atomic E-state index is 0.0589. The zero-order valence-electron chi connectivity index (χ0n) is 11.1. The summed E-state index contributed by atoms with van der Waals surface area (Å²) < 4.78 is 5.65. The molecule has 0 N–H and O–H groups in total. The summed E-state index contributed by atoms with van der Waals surface area (Å²) in [5.41, 5.74) is 1.03. The first-order valence-electron chi connectivity index (χ1n) is 6.29. The monoisotopic (exact) mass is 269 g/mol. The van der Waals surface area contributed by atoms with Crippen LogP contribution in [-0.4, -0.2) is 30.5 Å². The largest absolute Gasteiger partial charge is 0.370 e. The molecule has 0 aliphatic carbocycles. The molecule has 0 saturated carbocycles. The molecule has 1 heterocycles. The highest BCUT2D eigenvalue weighted by molar-refractivity contribution is 6.30. The van der Waals surface area contributed by atoms with Gasteiger partial charge in [0.05, 0.1) is 13.2 Å². The summed E-state index contributed by atoms with van der Waals surface area (Å²) in [6, 6.07) is 7.58. The van der Waals surface area contributed by atoms with Gasteiger partial charge in [-0.1, -0.05) is 37.6 Å². The quantitative estimate of drug-likeness (QED) is 0.783. The molecule has 1 saturated heterocycles. The van der Waals surface area contributed by atoms with Crippen molar-refractivity contribution in [2.24, 2.45) is 0 Å². The Kier molecular flexibility index (Phi) is 6.16. The van der Waals surface area contributed by atoms with E-state index in [9.17, 15) is 4.79 Å². The maximum absolute atomic E-state index is 11.3. The summed E-state index contributed by atoms with van der Waals surface area (Å²) in [5, 5.41) is 0.695. The topological polar surface area (TPSA) is 29.5 Å². The van der Waals surface area contributed by atoms with Crippen molar-refractivity contribution < 1.29 is 9.53 Å². The molecule has 1 aromatic rings. The highest BCUT2D eigenvalue weighted by Gasteiger charge is 2.23. The zero-order valence-corrected chi connectivity index (χ0v) is 11.9. The Morgan fingerprint density at radius 1 is 1.44 bits per heavy atom. The Hall–Kier alpha value is -1.06. The van der Waals surface area contributed by atoms with Gasteiger partial charge in [0.25, 0.3) is 0 Å². The number of nitrogens with zero attached hydrogens (tertiary/aromatic N) is 1. The molecule has 4 heteroatoms. The van der Waals surface area contributed by atoms with Gasteiger partial charge in [-0.15, -0.1) is 0 Å². The lowest BCUT2D eigenvalue weighted by molar-refractivity contribution is -0.136. The van der Waals surface area contributed by atoms with Crippen molar-refractivity contribution in [3.05, 3.63) is 34.9 Å². The number of ether oxygens (including phenoxy) is 1. The van der Waals surface area contributed by atoms with E-state index in [1.54, 1.807) is 11.8 Å². The first-order valence-corrected chi connectivity index (χ1v) is 6.67. The third kappa shape index (κ3) is 4.00.